The number of hydrogen-bond donors (Lipinski definition) is 6. The molecule has 19 heteroatoms. The minimum Gasteiger partial charge on any atom is -0.383 e. The van der Waals surface area contributed by atoms with Crippen LogP contribution in [0.3, 0.4) is 0 Å². The summed E-state index contributed by atoms with van der Waals surface area (Å²) in [6, 6.07) is 9.73. The van der Waals surface area contributed by atoms with Gasteiger partial charge < -0.3 is 38.1 Å². The second-order valence-electron chi connectivity index (χ2n) is 17.4. The van der Waals surface area contributed by atoms with Crippen molar-refractivity contribution in [3.05, 3.63) is 58.3 Å². The fraction of sp³-hybridized carbons (Fsp3) is 0.467. The Morgan fingerprint density at radius 2 is 1.06 bits per heavy atom. The first-order valence-electron chi connectivity index (χ1n) is 22.2. The number of hydrogen-bond acceptors (Lipinski definition) is 18. The zero-order valence-corrected chi connectivity index (χ0v) is 36.7. The first-order chi connectivity index (χ1) is 31.1. The Balaban J connectivity index is 0.720. The van der Waals surface area contributed by atoms with Crippen LogP contribution < -0.4 is 33.2 Å². The van der Waals surface area contributed by atoms with E-state index in [-0.39, 0.29) is 12.1 Å². The lowest BCUT2D eigenvalue weighted by Gasteiger charge is -2.31. The van der Waals surface area contributed by atoms with Gasteiger partial charge in [-0.1, -0.05) is 30.5 Å². The number of pyridine rings is 3. The minimum atomic E-state index is 0.203. The first-order valence-corrected chi connectivity index (χ1v) is 22.2. The number of anilines is 6. The molecule has 9 heterocycles. The Kier molecular flexibility index (Phi) is 12.5. The largest absolute Gasteiger partial charge is 0.383 e. The highest BCUT2D eigenvalue weighted by Crippen LogP contribution is 2.26. The number of piperidine rings is 3. The third kappa shape index (κ3) is 10.2. The summed E-state index contributed by atoms with van der Waals surface area (Å²) in [5, 5.41) is 12.5. The Bertz CT molecular complexity index is 2770. The van der Waals surface area contributed by atoms with Crippen molar-refractivity contribution in [1.82, 2.24) is 59.6 Å². The molecule has 9 rings (SSSR count). The van der Waals surface area contributed by atoms with Crippen molar-refractivity contribution in [2.75, 3.05) is 92.7 Å². The van der Waals surface area contributed by atoms with Crippen molar-refractivity contribution in [3.63, 3.8) is 0 Å². The Morgan fingerprint density at radius 3 is 1.59 bits per heavy atom. The van der Waals surface area contributed by atoms with E-state index >= 15 is 0 Å². The van der Waals surface area contributed by atoms with Crippen LogP contribution >= 0.6 is 0 Å². The van der Waals surface area contributed by atoms with Crippen molar-refractivity contribution in [3.8, 4) is 17.9 Å². The molecule has 0 amide bonds. The van der Waals surface area contributed by atoms with Gasteiger partial charge in [0.2, 0.25) is 17.8 Å². The highest BCUT2D eigenvalue weighted by molar-refractivity contribution is 5.88. The molecule has 3 fully saturated rings. The number of aromatic nitrogens is 9. The van der Waals surface area contributed by atoms with E-state index in [2.05, 4.69) is 119 Å². The van der Waals surface area contributed by atoms with Crippen LogP contribution in [0.1, 0.15) is 75.0 Å². The van der Waals surface area contributed by atoms with Crippen LogP contribution in [0.25, 0.3) is 37.9 Å². The van der Waals surface area contributed by atoms with Crippen LogP contribution in [0.5, 0.6) is 0 Å². The predicted molar refractivity (Wildman–Crippen MR) is 253 cm³/mol. The Hall–Kier alpha value is -6.80. The zero-order chi connectivity index (χ0) is 44.2. The second kappa shape index (κ2) is 18.9. The second-order valence-corrected chi connectivity index (χ2v) is 17.4. The lowest BCUT2D eigenvalue weighted by Crippen LogP contribution is -2.39. The van der Waals surface area contributed by atoms with E-state index < -0.39 is 0 Å². The highest BCUT2D eigenvalue weighted by Gasteiger charge is 2.24. The molecule has 0 aromatic carbocycles. The molecule has 6 aromatic heterocycles. The molecule has 3 aliphatic heterocycles. The molecule has 0 saturated carbocycles. The van der Waals surface area contributed by atoms with E-state index in [1.165, 1.54) is 0 Å². The van der Waals surface area contributed by atoms with Gasteiger partial charge in [0.05, 0.1) is 28.9 Å². The summed E-state index contributed by atoms with van der Waals surface area (Å²) in [5.74, 6) is 9.63. The van der Waals surface area contributed by atoms with Crippen molar-refractivity contribution < 1.29 is 0 Å². The topological polar surface area (TPSA) is 244 Å². The first kappa shape index (κ1) is 42.5. The van der Waals surface area contributed by atoms with Crippen molar-refractivity contribution in [2.45, 2.75) is 76.4 Å². The molecule has 0 aliphatic carbocycles. The maximum absolute atomic E-state index is 6.44. The van der Waals surface area contributed by atoms with Gasteiger partial charge >= 0.3 is 12.7 Å². The number of nitrogens with one attached hydrogen (secondary N) is 3. The summed E-state index contributed by atoms with van der Waals surface area (Å²) in [6.45, 7) is 11.0. The summed E-state index contributed by atoms with van der Waals surface area (Å²) >= 11 is 0. The SMILES string of the molecule is CC(C)c1cnc2nc(NC3CCN(C[N+]#Cc4cnc5nc(NC6CCN(CC#Cc7cnc8nc(NC9CCN(C)CC9)nc(N)c8c7)CC6)nc(N)c5c4)CC3)nc(N)c2c1. The maximum atomic E-state index is 6.44. The van der Waals surface area contributed by atoms with Gasteiger partial charge in [-0.15, -0.1) is 0 Å². The van der Waals surface area contributed by atoms with Gasteiger partial charge in [0.15, 0.2) is 16.9 Å². The fourth-order valence-corrected chi connectivity index (χ4v) is 8.39. The molecular formula is C45H56N19+. The minimum absolute atomic E-state index is 0.203. The molecule has 3 aliphatic rings. The van der Waals surface area contributed by atoms with Gasteiger partial charge in [0.25, 0.3) is 0 Å². The molecule has 19 nitrogen and oxygen atoms in total. The van der Waals surface area contributed by atoms with Gasteiger partial charge in [0, 0.05) is 62.3 Å². The van der Waals surface area contributed by atoms with Gasteiger partial charge in [-0.3, -0.25) is 4.90 Å². The van der Waals surface area contributed by atoms with E-state index in [4.69, 9.17) is 17.2 Å². The Labute approximate surface area is 372 Å². The molecule has 330 valence electrons. The van der Waals surface area contributed by atoms with E-state index in [1.807, 2.05) is 24.4 Å². The van der Waals surface area contributed by atoms with Crippen molar-refractivity contribution in [1.29, 1.82) is 0 Å². The predicted octanol–water partition coefficient (Wildman–Crippen LogP) is 4.22. The number of likely N-dealkylation sites (tertiary alicyclic amines) is 3. The smallest absolute Gasteiger partial charge is 0.320 e. The van der Waals surface area contributed by atoms with Crippen LogP contribution in [0.2, 0.25) is 0 Å². The highest BCUT2D eigenvalue weighted by atomic mass is 15.2. The number of fused-ring (bicyclic) bond motifs is 3. The average molecular weight is 863 g/mol. The standard InChI is InChI=1S/C45H55N19/c1-27(2)30-21-36-39(48)58-45(61-42(36)52-25-30)55-33-10-17-64(18-11-33)26-49-22-29-20-35-38(47)57-44(60-41(35)51-24-29)54-32-8-15-63(16-9-32)12-4-5-28-19-34-37(46)56-43(59-40(34)50-23-28)53-31-6-13-62(3)14-7-31/h19-21,23-25,27,31-33H,6-18,26H2,1-3H3,(H8,46,47,48,50,52,53,54,55,56,57,58,59,61)/p+1. The summed E-state index contributed by atoms with van der Waals surface area (Å²) in [5.41, 5.74) is 23.4. The van der Waals surface area contributed by atoms with Crippen LogP contribution in [0.4, 0.5) is 35.3 Å². The number of nitrogens with two attached hydrogens (primary N) is 3. The molecular weight excluding hydrogens is 807 g/mol. The molecule has 0 unspecified atom stereocenters. The molecule has 0 radical (unpaired) electrons. The summed E-state index contributed by atoms with van der Waals surface area (Å²) in [7, 11) is 2.14. The van der Waals surface area contributed by atoms with Crippen LogP contribution in [-0.2, 0) is 0 Å². The molecule has 0 atom stereocenters. The molecule has 0 bridgehead atoms. The molecule has 9 N–H and O–H groups in total. The summed E-state index contributed by atoms with van der Waals surface area (Å²) in [6.07, 6.45) is 11.1. The van der Waals surface area contributed by atoms with E-state index in [0.29, 0.717) is 88.2 Å². The normalized spacial score (nSPS) is 17.3. The van der Waals surface area contributed by atoms with Gasteiger partial charge in [-0.2, -0.15) is 29.9 Å². The molecule has 3 saturated heterocycles. The van der Waals surface area contributed by atoms with Crippen LogP contribution in [0, 0.1) is 17.9 Å². The lowest BCUT2D eigenvalue weighted by atomic mass is 10.0. The number of rotatable bonds is 9. The van der Waals surface area contributed by atoms with E-state index in [1.54, 1.807) is 12.4 Å². The third-order valence-electron chi connectivity index (χ3n) is 12.3. The lowest BCUT2D eigenvalue weighted by molar-refractivity contribution is 0.239. The molecule has 64 heavy (non-hydrogen) atoms. The van der Waals surface area contributed by atoms with Crippen LogP contribution in [0.15, 0.2) is 36.8 Å². The van der Waals surface area contributed by atoms with Crippen molar-refractivity contribution >= 4 is 68.4 Å². The number of nitrogens with zero attached hydrogens (tertiary/aromatic N) is 13. The quantitative estimate of drug-likeness (QED) is 0.111. The van der Waals surface area contributed by atoms with Gasteiger partial charge in [-0.25, -0.2) is 19.9 Å². The zero-order valence-electron chi connectivity index (χ0n) is 36.7. The molecule has 0 spiro atoms. The van der Waals surface area contributed by atoms with E-state index in [9.17, 15) is 0 Å². The summed E-state index contributed by atoms with van der Waals surface area (Å²) in [4.78, 5) is 52.8. The van der Waals surface area contributed by atoms with E-state index in [0.717, 1.165) is 99.9 Å². The van der Waals surface area contributed by atoms with Gasteiger partial charge in [0.1, 0.15) is 23.0 Å². The van der Waals surface area contributed by atoms with Gasteiger partial charge in [-0.05, 0) is 88.3 Å². The number of nitrogen functional groups attached to an aromatic ring is 3. The van der Waals surface area contributed by atoms with Crippen molar-refractivity contribution in [2.24, 2.45) is 0 Å². The summed E-state index contributed by atoms with van der Waals surface area (Å²) < 4.78 is 0. The fourth-order valence-electron chi connectivity index (χ4n) is 8.39. The maximum Gasteiger partial charge on any atom is 0.320 e. The van der Waals surface area contributed by atoms with Crippen LogP contribution in [-0.4, -0.2) is 137 Å². The monoisotopic (exact) mass is 862 g/mol. The molecule has 6 aromatic rings. The Morgan fingerprint density at radius 1 is 0.609 bits per heavy atom. The average Bonchev–Trinajstić information content (AvgIpc) is 3.28. The third-order valence-corrected chi connectivity index (χ3v) is 12.3.